The lowest BCUT2D eigenvalue weighted by Gasteiger charge is -2.11. The molecule has 0 amide bonds. The lowest BCUT2D eigenvalue weighted by atomic mass is 10.1. The minimum Gasteiger partial charge on any atom is -0.385 e. The Balaban J connectivity index is 2.53. The molecule has 1 rings (SSSR count). The van der Waals surface area contributed by atoms with Crippen LogP contribution in [0.25, 0.3) is 0 Å². The Morgan fingerprint density at radius 1 is 1.20 bits per heavy atom. The number of nitrogens with one attached hydrogen (secondary N) is 2. The Labute approximate surface area is 146 Å². The first-order valence-electron chi connectivity index (χ1n) is 8.18. The average Bonchev–Trinajstić information content (AvgIpc) is 2.55. The lowest BCUT2D eigenvalue weighted by Crippen LogP contribution is -2.38. The molecule has 0 aliphatic rings. The van der Waals surface area contributed by atoms with Crippen LogP contribution in [-0.2, 0) is 22.6 Å². The summed E-state index contributed by atoms with van der Waals surface area (Å²) in [6, 6.07) is 7.20. The number of halogens is 3. The normalized spacial score (nSPS) is 12.3. The zero-order valence-corrected chi connectivity index (χ0v) is 14.7. The highest BCUT2D eigenvalue weighted by Crippen LogP contribution is 2.16. The van der Waals surface area contributed by atoms with Gasteiger partial charge in [-0.05, 0) is 24.5 Å². The third-order valence-electron chi connectivity index (χ3n) is 3.11. The van der Waals surface area contributed by atoms with Crippen molar-refractivity contribution in [3.63, 3.8) is 0 Å². The van der Waals surface area contributed by atoms with Crippen molar-refractivity contribution in [2.75, 3.05) is 33.4 Å². The number of nitrogens with zero attached hydrogens (tertiary/aromatic N) is 1. The molecule has 0 atom stereocenters. The number of hydrogen-bond acceptors (Lipinski definition) is 3. The van der Waals surface area contributed by atoms with E-state index in [9.17, 15) is 13.2 Å². The number of aliphatic imine (C=N–C) groups is 1. The molecule has 5 nitrogen and oxygen atoms in total. The molecule has 0 bridgehead atoms. The number of rotatable bonds is 10. The van der Waals surface area contributed by atoms with Gasteiger partial charge < -0.3 is 20.1 Å². The molecule has 0 aromatic heterocycles. The van der Waals surface area contributed by atoms with Gasteiger partial charge in [0.1, 0.15) is 6.61 Å². The highest BCUT2D eigenvalue weighted by atomic mass is 19.4. The number of hydrogen-bond donors (Lipinski definition) is 2. The first-order chi connectivity index (χ1) is 11.9. The number of benzene rings is 1. The van der Waals surface area contributed by atoms with Gasteiger partial charge in [0.05, 0.1) is 13.2 Å². The van der Waals surface area contributed by atoms with Crippen molar-refractivity contribution in [2.45, 2.75) is 32.7 Å². The monoisotopic (exact) mass is 361 g/mol. The summed E-state index contributed by atoms with van der Waals surface area (Å²) in [4.78, 5) is 4.47. The van der Waals surface area contributed by atoms with E-state index in [0.717, 1.165) is 25.1 Å². The topological polar surface area (TPSA) is 54.9 Å². The summed E-state index contributed by atoms with van der Waals surface area (Å²) in [5, 5.41) is 6.34. The number of methoxy groups -OCH3 is 1. The minimum atomic E-state index is -4.31. The Morgan fingerprint density at radius 3 is 2.64 bits per heavy atom. The van der Waals surface area contributed by atoms with Crippen LogP contribution in [0.4, 0.5) is 13.2 Å². The van der Waals surface area contributed by atoms with Crippen LogP contribution in [0.5, 0.6) is 0 Å². The van der Waals surface area contributed by atoms with Crippen molar-refractivity contribution in [1.29, 1.82) is 0 Å². The Hall–Kier alpha value is -1.80. The smallest absolute Gasteiger partial charge is 0.385 e. The number of guanidine groups is 1. The molecule has 0 radical (unpaired) electrons. The van der Waals surface area contributed by atoms with Crippen molar-refractivity contribution in [2.24, 2.45) is 4.99 Å². The van der Waals surface area contributed by atoms with Crippen LogP contribution in [-0.4, -0.2) is 45.5 Å². The van der Waals surface area contributed by atoms with Crippen molar-refractivity contribution in [1.82, 2.24) is 10.6 Å². The fraction of sp³-hybridized carbons (Fsp3) is 0.588. The molecule has 142 valence electrons. The van der Waals surface area contributed by atoms with Crippen LogP contribution in [0.3, 0.4) is 0 Å². The van der Waals surface area contributed by atoms with Gasteiger partial charge in [-0.3, -0.25) is 0 Å². The Bertz CT molecular complexity index is 522. The van der Waals surface area contributed by atoms with Crippen LogP contribution in [0.1, 0.15) is 24.5 Å². The van der Waals surface area contributed by atoms with Gasteiger partial charge in [0.15, 0.2) is 5.96 Å². The van der Waals surface area contributed by atoms with E-state index in [1.807, 2.05) is 13.0 Å². The first kappa shape index (κ1) is 21.2. The van der Waals surface area contributed by atoms with Crippen molar-refractivity contribution < 1.29 is 22.6 Å². The van der Waals surface area contributed by atoms with Gasteiger partial charge in [-0.1, -0.05) is 24.3 Å². The minimum absolute atomic E-state index is 0.0770. The highest BCUT2D eigenvalue weighted by Gasteiger charge is 2.27. The number of ether oxygens (including phenoxy) is 2. The first-order valence-corrected chi connectivity index (χ1v) is 8.18. The summed E-state index contributed by atoms with van der Waals surface area (Å²) >= 11 is 0. The van der Waals surface area contributed by atoms with E-state index in [-0.39, 0.29) is 6.61 Å². The molecule has 0 aliphatic carbocycles. The maximum atomic E-state index is 12.1. The fourth-order valence-corrected chi connectivity index (χ4v) is 2.04. The standard InChI is InChI=1S/C17H26F3N3O2/c1-3-21-16(22-8-5-9-24-2)23-11-14-6-4-7-15(10-14)12-25-13-17(18,19)20/h4,6-7,10H,3,5,8-9,11-13H2,1-2H3,(H2,21,22,23). The van der Waals surface area contributed by atoms with Gasteiger partial charge in [-0.25, -0.2) is 4.99 Å². The molecule has 1 aromatic carbocycles. The van der Waals surface area contributed by atoms with Gasteiger partial charge in [-0.2, -0.15) is 13.2 Å². The van der Waals surface area contributed by atoms with E-state index in [0.29, 0.717) is 24.7 Å². The molecule has 0 saturated carbocycles. The second-order valence-electron chi connectivity index (χ2n) is 5.40. The quantitative estimate of drug-likeness (QED) is 0.382. The van der Waals surface area contributed by atoms with E-state index >= 15 is 0 Å². The summed E-state index contributed by atoms with van der Waals surface area (Å²) in [6.07, 6.45) is -3.44. The molecule has 0 fully saturated rings. The molecular weight excluding hydrogens is 335 g/mol. The molecular formula is C17H26F3N3O2. The van der Waals surface area contributed by atoms with E-state index in [4.69, 9.17) is 4.74 Å². The zero-order valence-electron chi connectivity index (χ0n) is 14.7. The van der Waals surface area contributed by atoms with Gasteiger partial charge in [0.25, 0.3) is 0 Å². The molecule has 0 aliphatic heterocycles. The lowest BCUT2D eigenvalue weighted by molar-refractivity contribution is -0.176. The Kier molecular flexibility index (Phi) is 9.94. The summed E-state index contributed by atoms with van der Waals surface area (Å²) < 4.78 is 46.0. The van der Waals surface area contributed by atoms with Gasteiger partial charge in [0, 0.05) is 26.8 Å². The maximum Gasteiger partial charge on any atom is 0.411 e. The third-order valence-corrected chi connectivity index (χ3v) is 3.11. The summed E-state index contributed by atoms with van der Waals surface area (Å²) in [5.41, 5.74) is 1.59. The maximum absolute atomic E-state index is 12.1. The second-order valence-corrected chi connectivity index (χ2v) is 5.40. The van der Waals surface area contributed by atoms with Crippen LogP contribution >= 0.6 is 0 Å². The molecule has 0 saturated heterocycles. The summed E-state index contributed by atoms with van der Waals surface area (Å²) in [6.45, 7) is 3.23. The van der Waals surface area contributed by atoms with Crippen LogP contribution in [0, 0.1) is 0 Å². The van der Waals surface area contributed by atoms with E-state index in [2.05, 4.69) is 20.4 Å². The van der Waals surface area contributed by atoms with Gasteiger partial charge in [0.2, 0.25) is 0 Å². The van der Waals surface area contributed by atoms with Crippen LogP contribution in [0.2, 0.25) is 0 Å². The highest BCUT2D eigenvalue weighted by molar-refractivity contribution is 5.79. The Morgan fingerprint density at radius 2 is 1.96 bits per heavy atom. The van der Waals surface area contributed by atoms with E-state index in [1.54, 1.807) is 25.3 Å². The van der Waals surface area contributed by atoms with E-state index < -0.39 is 12.8 Å². The summed E-state index contributed by atoms with van der Waals surface area (Å²) in [7, 11) is 1.66. The zero-order chi connectivity index (χ0) is 18.5. The molecule has 0 unspecified atom stereocenters. The second kappa shape index (κ2) is 11.7. The predicted octanol–water partition coefficient (Wildman–Crippen LogP) is 2.86. The molecule has 0 heterocycles. The molecule has 8 heteroatoms. The van der Waals surface area contributed by atoms with Gasteiger partial charge in [-0.15, -0.1) is 0 Å². The predicted molar refractivity (Wildman–Crippen MR) is 91.5 cm³/mol. The van der Waals surface area contributed by atoms with Crippen LogP contribution in [0.15, 0.2) is 29.3 Å². The number of alkyl halides is 3. The third kappa shape index (κ3) is 10.6. The summed E-state index contributed by atoms with van der Waals surface area (Å²) in [5.74, 6) is 0.692. The van der Waals surface area contributed by atoms with Crippen LogP contribution < -0.4 is 10.6 Å². The largest absolute Gasteiger partial charge is 0.411 e. The van der Waals surface area contributed by atoms with Crippen molar-refractivity contribution >= 4 is 5.96 Å². The van der Waals surface area contributed by atoms with Crippen molar-refractivity contribution in [3.05, 3.63) is 35.4 Å². The molecule has 0 spiro atoms. The fourth-order valence-electron chi connectivity index (χ4n) is 2.04. The van der Waals surface area contributed by atoms with Crippen molar-refractivity contribution in [3.8, 4) is 0 Å². The SMILES string of the molecule is CCNC(=NCc1cccc(COCC(F)(F)F)c1)NCCCOC. The van der Waals surface area contributed by atoms with Gasteiger partial charge >= 0.3 is 6.18 Å². The average molecular weight is 361 g/mol. The van der Waals surface area contributed by atoms with E-state index in [1.165, 1.54) is 0 Å². The molecule has 2 N–H and O–H groups in total. The molecule has 25 heavy (non-hydrogen) atoms. The molecule has 1 aromatic rings.